The molecular formula is H24B8Na2O25. The molecule has 0 heterocycles. The van der Waals surface area contributed by atoms with Crippen molar-refractivity contribution in [2.24, 2.45) is 0 Å². The Labute approximate surface area is 242 Å². The Hall–Kier alpha value is 1.52. The molecule has 200 valence electrons. The fraction of sp³-hybridized carbons (Fsp3) is 0. The normalized spacial score (nSPS) is 6.17. The summed E-state index contributed by atoms with van der Waals surface area (Å²) in [5, 5.41) is 174. The minimum absolute atomic E-state index is 0. The molecule has 35 heteroatoms. The smallest absolute Gasteiger partial charge is 0.871 e. The second kappa shape index (κ2) is 65.0. The summed E-state index contributed by atoms with van der Waals surface area (Å²) in [6.07, 6.45) is 0. The maximum atomic E-state index is 8.53. The van der Waals surface area contributed by atoms with Gasteiger partial charge in [0.05, 0.1) is 7.32 Å². The van der Waals surface area contributed by atoms with Gasteiger partial charge in [-0.05, 0) is 0 Å². The Kier molecular flexibility index (Phi) is 131. The number of hydrogen-bond donors (Lipinski definition) is 22. The van der Waals surface area contributed by atoms with Crippen LogP contribution in [-0.2, 0) is 0 Å². The summed E-state index contributed by atoms with van der Waals surface area (Å²) in [4.78, 5) is 0. The second-order valence-corrected chi connectivity index (χ2v) is 2.73. The Morgan fingerprint density at radius 2 is 0.257 bits per heavy atom. The molecule has 0 aromatic rings. The number of hydrogen-bond acceptors (Lipinski definition) is 24. The van der Waals surface area contributed by atoms with Gasteiger partial charge in [0.15, 0.2) is 0 Å². The molecule has 0 aromatic carbocycles. The molecule has 35 heavy (non-hydrogen) atoms. The van der Waals surface area contributed by atoms with E-state index in [2.05, 4.69) is 0 Å². The van der Waals surface area contributed by atoms with Crippen molar-refractivity contribution in [2.45, 2.75) is 0 Å². The molecule has 0 bridgehead atoms. The van der Waals surface area contributed by atoms with Crippen molar-refractivity contribution in [2.75, 3.05) is 0 Å². The first kappa shape index (κ1) is 70.7. The van der Waals surface area contributed by atoms with Crippen molar-refractivity contribution in [1.82, 2.24) is 0 Å². The zero-order chi connectivity index (χ0) is 28.6. The molecule has 25 nitrogen and oxygen atoms in total. The van der Waals surface area contributed by atoms with Crippen molar-refractivity contribution in [3.8, 4) is 0 Å². The second-order valence-electron chi connectivity index (χ2n) is 2.73. The molecule has 24 N–H and O–H groups in total. The monoisotopic (exact) mass is 558 g/mol. The molecule has 0 rings (SSSR count). The van der Waals surface area contributed by atoms with Crippen LogP contribution in [0.1, 0.15) is 0 Å². The van der Waals surface area contributed by atoms with Crippen LogP contribution in [0.2, 0.25) is 0 Å². The van der Waals surface area contributed by atoms with Gasteiger partial charge in [0.25, 0.3) is 0 Å². The minimum Gasteiger partial charge on any atom is -0.871 e. The van der Waals surface area contributed by atoms with Crippen molar-refractivity contribution in [1.29, 1.82) is 0 Å². The van der Waals surface area contributed by atoms with Gasteiger partial charge >= 0.3 is 110 Å². The van der Waals surface area contributed by atoms with Gasteiger partial charge in [0.2, 0.25) is 0 Å². The van der Waals surface area contributed by atoms with E-state index in [9.17, 15) is 0 Å². The topological polar surface area (TPSA) is 523 Å². The average Bonchev–Trinajstić information content (AvgIpc) is 2.30. The van der Waals surface area contributed by atoms with Gasteiger partial charge in [-0.25, -0.2) is 0 Å². The fourth-order valence-corrected chi connectivity index (χ4v) is 0. The first-order valence-corrected chi connectivity index (χ1v) is 6.15. The molecule has 0 aliphatic carbocycles. The van der Waals surface area contributed by atoms with Crippen LogP contribution in [0.4, 0.5) is 0 Å². The van der Waals surface area contributed by atoms with Gasteiger partial charge in [0.1, 0.15) is 0 Å². The summed E-state index contributed by atoms with van der Waals surface area (Å²) in [5.74, 6) is 0. The van der Waals surface area contributed by atoms with E-state index in [0.717, 1.165) is 0 Å². The van der Waals surface area contributed by atoms with E-state index in [0.29, 0.717) is 0 Å². The molecule has 0 aliphatic rings. The van der Waals surface area contributed by atoms with Crippen LogP contribution in [0.15, 0.2) is 0 Å². The minimum atomic E-state index is -2.67. The molecular weight excluding hydrogens is 532 g/mol. The maximum absolute atomic E-state index is 8.53. The Morgan fingerprint density at radius 1 is 0.257 bits per heavy atom. The van der Waals surface area contributed by atoms with Crippen LogP contribution in [-0.4, -0.2) is 175 Å². The van der Waals surface area contributed by atoms with E-state index in [1.165, 1.54) is 0 Å². The van der Waals surface area contributed by atoms with Crippen LogP contribution in [0.25, 0.3) is 0 Å². The van der Waals surface area contributed by atoms with Crippen LogP contribution in [0, 0.1) is 0 Å². The van der Waals surface area contributed by atoms with Crippen LogP contribution in [0.3, 0.4) is 0 Å². The van der Waals surface area contributed by atoms with Gasteiger partial charge in [-0.15, -0.1) is 0 Å². The summed E-state index contributed by atoms with van der Waals surface area (Å²) in [7, 11) is -17.8. The molecule has 0 amide bonds. The standard InChI is InChI=1S/7BH3O3.BHO3.2Na.H2O/c8*2-1(3)4;;;/h7*2-4H;2H;;;1H2/q;;;;;;;-2;2*+1;. The largest absolute Gasteiger partial charge is 1.00 e. The third-order valence-corrected chi connectivity index (χ3v) is 0. The first-order valence-electron chi connectivity index (χ1n) is 6.15. The predicted molar refractivity (Wildman–Crippen MR) is 98.5 cm³/mol. The molecule has 0 saturated carbocycles. The van der Waals surface area contributed by atoms with E-state index in [1.54, 1.807) is 0 Å². The van der Waals surface area contributed by atoms with Gasteiger partial charge in [0, 0.05) is 0 Å². The van der Waals surface area contributed by atoms with E-state index in [4.69, 9.17) is 121 Å². The quantitative estimate of drug-likeness (QED) is 0.123. The zero-order valence-electron chi connectivity index (χ0n) is 17.8. The molecule has 0 spiro atoms. The predicted octanol–water partition coefficient (Wildman–Crippen LogP) is -24.5. The van der Waals surface area contributed by atoms with E-state index in [1.807, 2.05) is 0 Å². The number of rotatable bonds is 0. The van der Waals surface area contributed by atoms with E-state index < -0.39 is 58.6 Å². The first-order chi connectivity index (χ1) is 13.9. The van der Waals surface area contributed by atoms with E-state index in [-0.39, 0.29) is 64.6 Å². The third-order valence-electron chi connectivity index (χ3n) is 0. The van der Waals surface area contributed by atoms with Crippen LogP contribution in [0.5, 0.6) is 0 Å². The van der Waals surface area contributed by atoms with Crippen molar-refractivity contribution < 1.29 is 185 Å². The molecule has 0 saturated heterocycles. The maximum Gasteiger partial charge on any atom is 1.00 e. The van der Waals surface area contributed by atoms with Gasteiger partial charge < -0.3 is 126 Å². The molecule has 0 fully saturated rings. The summed E-state index contributed by atoms with van der Waals surface area (Å²) >= 11 is 0. The van der Waals surface area contributed by atoms with Gasteiger partial charge in [-0.1, -0.05) is 0 Å². The van der Waals surface area contributed by atoms with Crippen LogP contribution < -0.4 is 69.2 Å². The summed E-state index contributed by atoms with van der Waals surface area (Å²) in [5.41, 5.74) is 0. The fourth-order valence-electron chi connectivity index (χ4n) is 0. The van der Waals surface area contributed by atoms with Crippen molar-refractivity contribution in [3.05, 3.63) is 0 Å². The Morgan fingerprint density at radius 3 is 0.257 bits per heavy atom. The van der Waals surface area contributed by atoms with Gasteiger partial charge in [-0.2, -0.15) is 0 Å². The van der Waals surface area contributed by atoms with Crippen molar-refractivity contribution in [3.63, 3.8) is 0 Å². The van der Waals surface area contributed by atoms with Crippen molar-refractivity contribution >= 4 is 58.6 Å². The molecule has 0 unspecified atom stereocenters. The average molecular weight is 557 g/mol. The Balaban J connectivity index is -0.0000000206. The van der Waals surface area contributed by atoms with Gasteiger partial charge in [-0.3, -0.25) is 0 Å². The summed E-state index contributed by atoms with van der Waals surface area (Å²) < 4.78 is 0. The molecule has 0 atom stereocenters. The molecule has 0 aromatic heterocycles. The zero-order valence-corrected chi connectivity index (χ0v) is 21.8. The third kappa shape index (κ3) is 17300. The SMILES string of the molecule is O.OB(O)O.OB(O)O.OB(O)O.OB(O)O.OB(O)O.OB(O)O.OB(O)O.[Na+].[Na+].[O-]B([O-])O. The van der Waals surface area contributed by atoms with E-state index >= 15 is 0 Å². The molecule has 0 radical (unpaired) electrons. The summed E-state index contributed by atoms with van der Waals surface area (Å²) in [6.45, 7) is 0. The Bertz CT molecular complexity index is 147. The summed E-state index contributed by atoms with van der Waals surface area (Å²) in [6, 6.07) is 0. The molecule has 0 aliphatic heterocycles. The van der Waals surface area contributed by atoms with Crippen LogP contribution >= 0.6 is 0 Å².